The number of benzene rings is 2. The van der Waals surface area contributed by atoms with E-state index in [0.29, 0.717) is 48.9 Å². The standard InChI is InChI=1S/C26H26ClFN4O3/c1-16-2-7-20(12-21(16)27)30-25(33)18-8-10-31(11-9-18)26(34)24-22-14-35-23(13-32(22)15-29-24)17-3-5-19(28)6-4-17/h2-7,12,15,18,23H,8-11,13-14H2,1H3,(H,30,33). The summed E-state index contributed by atoms with van der Waals surface area (Å²) in [6.45, 7) is 3.63. The molecule has 2 aromatic carbocycles. The van der Waals surface area contributed by atoms with Crippen molar-refractivity contribution < 1.29 is 18.7 Å². The molecule has 5 rings (SSSR count). The van der Waals surface area contributed by atoms with E-state index < -0.39 is 0 Å². The molecule has 1 fully saturated rings. The molecule has 2 aliphatic rings. The number of nitrogens with zero attached hydrogens (tertiary/aromatic N) is 3. The van der Waals surface area contributed by atoms with Crippen molar-refractivity contribution in [1.29, 1.82) is 0 Å². The van der Waals surface area contributed by atoms with Crippen molar-refractivity contribution in [2.24, 2.45) is 5.92 Å². The number of ether oxygens (including phenoxy) is 1. The molecule has 1 atom stereocenters. The van der Waals surface area contributed by atoms with Crippen LogP contribution in [-0.4, -0.2) is 39.4 Å². The molecule has 1 unspecified atom stereocenters. The Kier molecular flexibility index (Phi) is 6.58. The number of carbonyl (C=O) groups excluding carboxylic acids is 2. The molecule has 0 aliphatic carbocycles. The molecule has 3 heterocycles. The van der Waals surface area contributed by atoms with Gasteiger partial charge in [-0.2, -0.15) is 0 Å². The third kappa shape index (κ3) is 4.94. The van der Waals surface area contributed by atoms with E-state index in [1.165, 1.54) is 12.1 Å². The average molecular weight is 497 g/mol. The summed E-state index contributed by atoms with van der Waals surface area (Å²) in [7, 11) is 0. The Morgan fingerprint density at radius 3 is 2.60 bits per heavy atom. The highest BCUT2D eigenvalue weighted by Crippen LogP contribution is 2.29. The van der Waals surface area contributed by atoms with Gasteiger partial charge in [-0.25, -0.2) is 9.37 Å². The van der Waals surface area contributed by atoms with Gasteiger partial charge in [0, 0.05) is 29.7 Å². The number of nitrogens with one attached hydrogen (secondary N) is 1. The second-order valence-electron chi connectivity index (χ2n) is 9.06. The lowest BCUT2D eigenvalue weighted by molar-refractivity contribution is -0.121. The molecule has 0 saturated carbocycles. The number of carbonyl (C=O) groups is 2. The highest BCUT2D eigenvalue weighted by atomic mass is 35.5. The first-order valence-electron chi connectivity index (χ1n) is 11.7. The number of rotatable bonds is 4. The number of imidazole rings is 1. The zero-order chi connectivity index (χ0) is 24.5. The summed E-state index contributed by atoms with van der Waals surface area (Å²) in [6, 6.07) is 11.7. The molecular weight excluding hydrogens is 471 g/mol. The van der Waals surface area contributed by atoms with E-state index in [9.17, 15) is 14.0 Å². The molecule has 0 bridgehead atoms. The Bertz CT molecular complexity index is 1250. The monoisotopic (exact) mass is 496 g/mol. The van der Waals surface area contributed by atoms with Crippen molar-refractivity contribution in [2.45, 2.75) is 39.0 Å². The van der Waals surface area contributed by atoms with Crippen molar-refractivity contribution in [3.05, 3.63) is 82.1 Å². The Balaban J connectivity index is 1.18. The summed E-state index contributed by atoms with van der Waals surface area (Å²) >= 11 is 6.16. The molecule has 9 heteroatoms. The van der Waals surface area contributed by atoms with Crippen LogP contribution < -0.4 is 5.32 Å². The van der Waals surface area contributed by atoms with E-state index >= 15 is 0 Å². The van der Waals surface area contributed by atoms with Gasteiger partial charge in [-0.05, 0) is 55.2 Å². The topological polar surface area (TPSA) is 76.5 Å². The molecule has 1 aromatic heterocycles. The van der Waals surface area contributed by atoms with Crippen molar-refractivity contribution in [3.8, 4) is 0 Å². The number of halogens is 2. The number of anilines is 1. The predicted molar refractivity (Wildman–Crippen MR) is 130 cm³/mol. The largest absolute Gasteiger partial charge is 0.365 e. The van der Waals surface area contributed by atoms with E-state index in [-0.39, 0.29) is 36.3 Å². The number of fused-ring (bicyclic) bond motifs is 1. The molecule has 0 spiro atoms. The van der Waals surface area contributed by atoms with E-state index in [4.69, 9.17) is 16.3 Å². The van der Waals surface area contributed by atoms with Gasteiger partial charge in [-0.1, -0.05) is 29.8 Å². The van der Waals surface area contributed by atoms with Gasteiger partial charge in [0.05, 0.1) is 25.2 Å². The minimum Gasteiger partial charge on any atom is -0.365 e. The van der Waals surface area contributed by atoms with Gasteiger partial charge in [-0.15, -0.1) is 0 Å². The fraction of sp³-hybridized carbons (Fsp3) is 0.346. The van der Waals surface area contributed by atoms with E-state index in [0.717, 1.165) is 16.8 Å². The quantitative estimate of drug-likeness (QED) is 0.565. The van der Waals surface area contributed by atoms with Crippen LogP contribution in [0, 0.1) is 18.7 Å². The predicted octanol–water partition coefficient (Wildman–Crippen LogP) is 4.75. The minimum atomic E-state index is -0.290. The van der Waals surface area contributed by atoms with Gasteiger partial charge in [0.25, 0.3) is 5.91 Å². The van der Waals surface area contributed by atoms with Crippen LogP contribution >= 0.6 is 11.6 Å². The molecular formula is C26H26ClFN4O3. The molecule has 2 aliphatic heterocycles. The SMILES string of the molecule is Cc1ccc(NC(=O)C2CCN(C(=O)c3ncn4c3COC(c3ccc(F)cc3)C4)CC2)cc1Cl. The minimum absolute atomic E-state index is 0.0587. The first-order chi connectivity index (χ1) is 16.9. The fourth-order valence-corrected chi connectivity index (χ4v) is 4.77. The van der Waals surface area contributed by atoms with E-state index in [2.05, 4.69) is 10.3 Å². The van der Waals surface area contributed by atoms with Crippen LogP contribution in [0.5, 0.6) is 0 Å². The lowest BCUT2D eigenvalue weighted by atomic mass is 9.95. The fourth-order valence-electron chi connectivity index (χ4n) is 4.59. The first-order valence-corrected chi connectivity index (χ1v) is 12.0. The second kappa shape index (κ2) is 9.79. The Labute approximate surface area is 207 Å². The Hall–Kier alpha value is -3.23. The van der Waals surface area contributed by atoms with Crippen LogP contribution in [0.4, 0.5) is 10.1 Å². The van der Waals surface area contributed by atoms with Gasteiger partial charge in [0.1, 0.15) is 11.9 Å². The van der Waals surface area contributed by atoms with Crippen LogP contribution in [0.25, 0.3) is 0 Å². The molecule has 182 valence electrons. The Morgan fingerprint density at radius 1 is 1.14 bits per heavy atom. The van der Waals surface area contributed by atoms with E-state index in [1.54, 1.807) is 29.4 Å². The lowest BCUT2D eigenvalue weighted by Gasteiger charge is -2.31. The highest BCUT2D eigenvalue weighted by molar-refractivity contribution is 6.31. The molecule has 35 heavy (non-hydrogen) atoms. The second-order valence-corrected chi connectivity index (χ2v) is 9.47. The maximum absolute atomic E-state index is 13.2. The summed E-state index contributed by atoms with van der Waals surface area (Å²) in [6.07, 6.45) is 2.60. The molecule has 1 saturated heterocycles. The summed E-state index contributed by atoms with van der Waals surface area (Å²) in [5.41, 5.74) is 3.64. The summed E-state index contributed by atoms with van der Waals surface area (Å²) in [4.78, 5) is 32.0. The van der Waals surface area contributed by atoms with Crippen molar-refractivity contribution in [3.63, 3.8) is 0 Å². The van der Waals surface area contributed by atoms with Crippen LogP contribution in [0.3, 0.4) is 0 Å². The smallest absolute Gasteiger partial charge is 0.274 e. The maximum atomic E-state index is 13.2. The number of aromatic nitrogens is 2. The van der Waals surface area contributed by atoms with Crippen molar-refractivity contribution >= 4 is 29.1 Å². The third-order valence-electron chi connectivity index (χ3n) is 6.77. The summed E-state index contributed by atoms with van der Waals surface area (Å²) in [5.74, 6) is -0.667. The first kappa shape index (κ1) is 23.5. The molecule has 1 N–H and O–H groups in total. The number of hydrogen-bond acceptors (Lipinski definition) is 4. The summed E-state index contributed by atoms with van der Waals surface area (Å²) < 4.78 is 21.1. The van der Waals surface area contributed by atoms with Crippen LogP contribution in [-0.2, 0) is 22.7 Å². The molecule has 2 amide bonds. The molecule has 0 radical (unpaired) electrons. The van der Waals surface area contributed by atoms with Crippen LogP contribution in [0.2, 0.25) is 5.02 Å². The van der Waals surface area contributed by atoms with Gasteiger partial charge < -0.3 is 19.5 Å². The van der Waals surface area contributed by atoms with Gasteiger partial charge in [0.15, 0.2) is 5.69 Å². The number of piperidine rings is 1. The normalized spacial score (nSPS) is 18.3. The number of likely N-dealkylation sites (tertiary alicyclic amines) is 1. The molecule has 7 nitrogen and oxygen atoms in total. The summed E-state index contributed by atoms with van der Waals surface area (Å²) in [5, 5.41) is 3.54. The van der Waals surface area contributed by atoms with Gasteiger partial charge in [-0.3, -0.25) is 9.59 Å². The van der Waals surface area contributed by atoms with Gasteiger partial charge in [0.2, 0.25) is 5.91 Å². The number of amides is 2. The van der Waals surface area contributed by atoms with Crippen LogP contribution in [0.15, 0.2) is 48.8 Å². The number of hydrogen-bond donors (Lipinski definition) is 1. The van der Waals surface area contributed by atoms with Crippen LogP contribution in [0.1, 0.15) is 46.3 Å². The van der Waals surface area contributed by atoms with Crippen molar-refractivity contribution in [2.75, 3.05) is 18.4 Å². The zero-order valence-electron chi connectivity index (χ0n) is 19.3. The number of aryl methyl sites for hydroxylation is 1. The maximum Gasteiger partial charge on any atom is 0.274 e. The zero-order valence-corrected chi connectivity index (χ0v) is 20.1. The highest BCUT2D eigenvalue weighted by Gasteiger charge is 2.32. The molecule has 3 aromatic rings. The van der Waals surface area contributed by atoms with E-state index in [1.807, 2.05) is 23.6 Å². The lowest BCUT2D eigenvalue weighted by Crippen LogP contribution is -2.42. The third-order valence-corrected chi connectivity index (χ3v) is 7.17. The Morgan fingerprint density at radius 2 is 1.89 bits per heavy atom. The van der Waals surface area contributed by atoms with Crippen molar-refractivity contribution in [1.82, 2.24) is 14.5 Å². The average Bonchev–Trinajstić information content (AvgIpc) is 3.29. The van der Waals surface area contributed by atoms with Gasteiger partial charge >= 0.3 is 0 Å².